The van der Waals surface area contributed by atoms with E-state index in [1.165, 1.54) is 25.7 Å². The third kappa shape index (κ3) is 8.86. The van der Waals surface area contributed by atoms with Gasteiger partial charge in [0.15, 0.2) is 0 Å². The van der Waals surface area contributed by atoms with Crippen LogP contribution in [0.2, 0.25) is 0 Å². The van der Waals surface area contributed by atoms with Crippen LogP contribution >= 0.6 is 0 Å². The lowest BCUT2D eigenvalue weighted by atomic mass is 9.97. The van der Waals surface area contributed by atoms with Gasteiger partial charge in [0.05, 0.1) is 25.7 Å². The second-order valence-electron chi connectivity index (χ2n) is 7.64. The Kier molecular flexibility index (Phi) is 10.6. The Morgan fingerprint density at radius 2 is 1.72 bits per heavy atom. The summed E-state index contributed by atoms with van der Waals surface area (Å²) in [5.41, 5.74) is 0.770. The Balaban J connectivity index is 1.64. The fraction of sp³-hybridized carbons (Fsp3) is 0.652. The van der Waals surface area contributed by atoms with Crippen molar-refractivity contribution in [3.8, 4) is 5.75 Å². The summed E-state index contributed by atoms with van der Waals surface area (Å²) in [7, 11) is 0. The molecule has 0 spiro atoms. The normalized spacial score (nSPS) is 15.1. The van der Waals surface area contributed by atoms with E-state index in [4.69, 9.17) is 9.47 Å². The lowest BCUT2D eigenvalue weighted by molar-refractivity contribution is -0.149. The molecule has 0 radical (unpaired) electrons. The quantitative estimate of drug-likeness (QED) is 0.417. The molecule has 0 aliphatic carbocycles. The number of ether oxygens (including phenoxy) is 2. The van der Waals surface area contributed by atoms with Gasteiger partial charge >= 0.3 is 5.97 Å². The fourth-order valence-electron chi connectivity index (χ4n) is 3.52. The number of nitrogens with one attached hydrogen (secondary N) is 1. The minimum atomic E-state index is -0.111. The van der Waals surface area contributed by atoms with E-state index in [0.29, 0.717) is 13.2 Å². The first-order valence-electron chi connectivity index (χ1n) is 11.0. The van der Waals surface area contributed by atoms with Gasteiger partial charge in [-0.25, -0.2) is 0 Å². The number of nitrogens with zero attached hydrogens (tertiary/aromatic N) is 1. The molecule has 1 aliphatic heterocycles. The number of piperidine rings is 1. The molecule has 0 unspecified atom stereocenters. The summed E-state index contributed by atoms with van der Waals surface area (Å²) in [6.07, 6.45) is 7.58. The van der Waals surface area contributed by atoms with Crippen molar-refractivity contribution in [1.29, 1.82) is 0 Å². The lowest BCUT2D eigenvalue weighted by Gasteiger charge is -2.30. The summed E-state index contributed by atoms with van der Waals surface area (Å²) in [6.45, 7) is 7.01. The monoisotopic (exact) mass is 404 g/mol. The Morgan fingerprint density at radius 1 is 1.03 bits per heavy atom. The second-order valence-corrected chi connectivity index (χ2v) is 7.64. The van der Waals surface area contributed by atoms with Crippen molar-refractivity contribution >= 4 is 17.6 Å². The second kappa shape index (κ2) is 13.2. The Morgan fingerprint density at radius 3 is 2.38 bits per heavy atom. The minimum Gasteiger partial charge on any atom is -0.494 e. The van der Waals surface area contributed by atoms with Crippen molar-refractivity contribution in [2.24, 2.45) is 5.92 Å². The van der Waals surface area contributed by atoms with Gasteiger partial charge in [-0.05, 0) is 63.5 Å². The first-order chi connectivity index (χ1) is 14.1. The van der Waals surface area contributed by atoms with E-state index < -0.39 is 0 Å². The Labute approximate surface area is 174 Å². The molecule has 0 bridgehead atoms. The smallest absolute Gasteiger partial charge is 0.309 e. The third-order valence-electron chi connectivity index (χ3n) is 5.23. The van der Waals surface area contributed by atoms with E-state index in [2.05, 4.69) is 17.1 Å². The lowest BCUT2D eigenvalue weighted by Crippen LogP contribution is -2.41. The Bertz CT molecular complexity index is 610. The molecule has 1 aromatic rings. The molecule has 162 valence electrons. The van der Waals surface area contributed by atoms with Gasteiger partial charge in [0.25, 0.3) is 0 Å². The molecule has 1 amide bonds. The zero-order chi connectivity index (χ0) is 20.9. The van der Waals surface area contributed by atoms with Crippen molar-refractivity contribution in [3.63, 3.8) is 0 Å². The van der Waals surface area contributed by atoms with Crippen molar-refractivity contribution < 1.29 is 19.1 Å². The van der Waals surface area contributed by atoms with Gasteiger partial charge in [0.1, 0.15) is 5.75 Å². The van der Waals surface area contributed by atoms with Crippen molar-refractivity contribution in [2.75, 3.05) is 38.2 Å². The van der Waals surface area contributed by atoms with Gasteiger partial charge < -0.3 is 14.8 Å². The largest absolute Gasteiger partial charge is 0.494 e. The van der Waals surface area contributed by atoms with E-state index >= 15 is 0 Å². The van der Waals surface area contributed by atoms with Crippen LogP contribution in [0.1, 0.15) is 58.8 Å². The number of carbonyl (C=O) groups excluding carboxylic acids is 2. The van der Waals surface area contributed by atoms with Crippen LogP contribution in [0.5, 0.6) is 5.75 Å². The highest BCUT2D eigenvalue weighted by Crippen LogP contribution is 2.19. The number of benzene rings is 1. The molecule has 1 heterocycles. The highest BCUT2D eigenvalue weighted by molar-refractivity contribution is 5.92. The van der Waals surface area contributed by atoms with Crippen LogP contribution in [0.15, 0.2) is 24.3 Å². The van der Waals surface area contributed by atoms with Crippen LogP contribution in [0, 0.1) is 5.92 Å². The average Bonchev–Trinajstić information content (AvgIpc) is 2.72. The summed E-state index contributed by atoms with van der Waals surface area (Å²) in [5, 5.41) is 2.93. The number of likely N-dealkylation sites (tertiary alicyclic amines) is 1. The van der Waals surface area contributed by atoms with E-state index in [-0.39, 0.29) is 17.8 Å². The van der Waals surface area contributed by atoms with Gasteiger partial charge in [-0.3, -0.25) is 14.5 Å². The van der Waals surface area contributed by atoms with Crippen LogP contribution in [-0.4, -0.2) is 49.6 Å². The van der Waals surface area contributed by atoms with Gasteiger partial charge in [0.2, 0.25) is 5.91 Å². The van der Waals surface area contributed by atoms with Crippen molar-refractivity contribution in [2.45, 2.75) is 58.8 Å². The maximum Gasteiger partial charge on any atom is 0.309 e. The highest BCUT2D eigenvalue weighted by atomic mass is 16.5. The number of anilines is 1. The first-order valence-corrected chi connectivity index (χ1v) is 11.0. The number of unbranched alkanes of at least 4 members (excludes halogenated alkanes) is 4. The molecular formula is C23H36N2O4. The number of esters is 1. The molecular weight excluding hydrogens is 368 g/mol. The maximum absolute atomic E-state index is 12.3. The molecule has 0 aromatic heterocycles. The number of hydrogen-bond donors (Lipinski definition) is 1. The van der Waals surface area contributed by atoms with E-state index in [1.807, 2.05) is 31.2 Å². The standard InChI is InChI=1S/C23H36N2O4/c1-3-5-6-7-8-17-29-21-11-9-20(10-12-21)24-22(26)18-25-15-13-19(14-16-25)23(27)28-4-2/h9-12,19H,3-8,13-18H2,1-2H3,(H,24,26). The third-order valence-corrected chi connectivity index (χ3v) is 5.23. The molecule has 0 saturated carbocycles. The summed E-state index contributed by atoms with van der Waals surface area (Å²) < 4.78 is 10.8. The van der Waals surface area contributed by atoms with Crippen LogP contribution in [0.25, 0.3) is 0 Å². The van der Waals surface area contributed by atoms with Crippen molar-refractivity contribution in [1.82, 2.24) is 4.90 Å². The van der Waals surface area contributed by atoms with Gasteiger partial charge in [0, 0.05) is 5.69 Å². The highest BCUT2D eigenvalue weighted by Gasteiger charge is 2.26. The number of rotatable bonds is 12. The predicted molar refractivity (Wildman–Crippen MR) is 115 cm³/mol. The molecule has 0 atom stereocenters. The molecule has 1 aliphatic rings. The zero-order valence-electron chi connectivity index (χ0n) is 18.0. The molecule has 29 heavy (non-hydrogen) atoms. The van der Waals surface area contributed by atoms with Crippen molar-refractivity contribution in [3.05, 3.63) is 24.3 Å². The summed E-state index contributed by atoms with van der Waals surface area (Å²) >= 11 is 0. The molecule has 1 aromatic carbocycles. The molecule has 2 rings (SSSR count). The van der Waals surface area contributed by atoms with Gasteiger partial charge in [-0.2, -0.15) is 0 Å². The molecule has 6 heteroatoms. The van der Waals surface area contributed by atoms with Crippen LogP contribution in [0.4, 0.5) is 5.69 Å². The maximum atomic E-state index is 12.3. The number of amides is 1. The summed E-state index contributed by atoms with van der Waals surface area (Å²) in [5.74, 6) is 0.650. The topological polar surface area (TPSA) is 67.9 Å². The SMILES string of the molecule is CCCCCCCOc1ccc(NC(=O)CN2CCC(C(=O)OCC)CC2)cc1. The molecule has 1 N–H and O–H groups in total. The van der Waals surface area contributed by atoms with E-state index in [1.54, 1.807) is 0 Å². The van der Waals surface area contributed by atoms with Crippen LogP contribution in [-0.2, 0) is 14.3 Å². The van der Waals surface area contributed by atoms with Crippen LogP contribution in [0.3, 0.4) is 0 Å². The molecule has 1 saturated heterocycles. The van der Waals surface area contributed by atoms with Crippen LogP contribution < -0.4 is 10.1 Å². The van der Waals surface area contributed by atoms with E-state index in [9.17, 15) is 9.59 Å². The summed E-state index contributed by atoms with van der Waals surface area (Å²) in [6, 6.07) is 7.54. The zero-order valence-corrected chi connectivity index (χ0v) is 18.0. The van der Waals surface area contributed by atoms with Gasteiger partial charge in [-0.15, -0.1) is 0 Å². The van der Waals surface area contributed by atoms with Gasteiger partial charge in [-0.1, -0.05) is 32.6 Å². The Hall–Kier alpha value is -2.08. The average molecular weight is 405 g/mol. The molecule has 1 fully saturated rings. The predicted octanol–water partition coefficient (Wildman–Crippen LogP) is 4.25. The summed E-state index contributed by atoms with van der Waals surface area (Å²) in [4.78, 5) is 26.2. The number of carbonyl (C=O) groups is 2. The number of hydrogen-bond acceptors (Lipinski definition) is 5. The minimum absolute atomic E-state index is 0.0338. The van der Waals surface area contributed by atoms with E-state index in [0.717, 1.165) is 50.4 Å². The first kappa shape index (κ1) is 23.2. The fourth-order valence-corrected chi connectivity index (χ4v) is 3.52. The molecule has 6 nitrogen and oxygen atoms in total.